The van der Waals surface area contributed by atoms with Gasteiger partial charge in [0.1, 0.15) is 12.4 Å². The van der Waals surface area contributed by atoms with Crippen molar-refractivity contribution in [3.8, 4) is 11.8 Å². The lowest BCUT2D eigenvalue weighted by molar-refractivity contribution is 0.325. The molecular formula is C14H21N3O3S. The Labute approximate surface area is 126 Å². The van der Waals surface area contributed by atoms with Crippen molar-refractivity contribution in [3.05, 3.63) is 24.3 Å². The van der Waals surface area contributed by atoms with Crippen molar-refractivity contribution in [1.29, 1.82) is 5.26 Å². The summed E-state index contributed by atoms with van der Waals surface area (Å²) in [6, 6.07) is 8.55. The Bertz CT molecular complexity index is 576. The van der Waals surface area contributed by atoms with Crippen LogP contribution in [-0.2, 0) is 10.0 Å². The molecule has 0 atom stereocenters. The molecule has 6 nitrogen and oxygen atoms in total. The van der Waals surface area contributed by atoms with Gasteiger partial charge in [-0.05, 0) is 38.1 Å². The Hall–Kier alpha value is -1.78. The quantitative estimate of drug-likeness (QED) is 0.736. The highest BCUT2D eigenvalue weighted by Gasteiger charge is 2.24. The zero-order valence-electron chi connectivity index (χ0n) is 12.3. The Morgan fingerprint density at radius 2 is 1.95 bits per heavy atom. The zero-order valence-corrected chi connectivity index (χ0v) is 13.1. The molecule has 0 radical (unpaired) electrons. The zero-order chi connectivity index (χ0) is 15.9. The van der Waals surface area contributed by atoms with E-state index < -0.39 is 10.0 Å². The van der Waals surface area contributed by atoms with Gasteiger partial charge < -0.3 is 10.5 Å². The minimum Gasteiger partial charge on any atom is -0.492 e. The summed E-state index contributed by atoms with van der Waals surface area (Å²) < 4.78 is 31.2. The van der Waals surface area contributed by atoms with E-state index in [4.69, 9.17) is 15.7 Å². The molecule has 0 aromatic heterocycles. The van der Waals surface area contributed by atoms with Crippen LogP contribution in [0.3, 0.4) is 0 Å². The minimum absolute atomic E-state index is 0.0576. The molecule has 116 valence electrons. The van der Waals surface area contributed by atoms with Crippen molar-refractivity contribution in [3.63, 3.8) is 0 Å². The SMILES string of the molecule is CC(C)N(CCC#N)S(=O)(=O)CCOc1ccc(N)cc1. The molecule has 0 bridgehead atoms. The van der Waals surface area contributed by atoms with Crippen LogP contribution in [0.2, 0.25) is 0 Å². The Morgan fingerprint density at radius 3 is 2.48 bits per heavy atom. The second-order valence-corrected chi connectivity index (χ2v) is 6.89. The summed E-state index contributed by atoms with van der Waals surface area (Å²) in [5.74, 6) is 0.452. The summed E-state index contributed by atoms with van der Waals surface area (Å²) in [5.41, 5.74) is 6.18. The molecule has 0 fully saturated rings. The number of nitrogen functional groups attached to an aromatic ring is 1. The number of hydrogen-bond acceptors (Lipinski definition) is 5. The molecular weight excluding hydrogens is 290 g/mol. The first kappa shape index (κ1) is 17.3. The Balaban J connectivity index is 2.58. The number of nitrogens with zero attached hydrogens (tertiary/aromatic N) is 2. The molecule has 0 aliphatic heterocycles. The first-order valence-corrected chi connectivity index (χ1v) is 8.32. The van der Waals surface area contributed by atoms with E-state index in [-0.39, 0.29) is 31.4 Å². The molecule has 1 aromatic rings. The van der Waals surface area contributed by atoms with Crippen molar-refractivity contribution in [2.24, 2.45) is 0 Å². The average Bonchev–Trinajstić information content (AvgIpc) is 2.40. The average molecular weight is 311 g/mol. The standard InChI is InChI=1S/C14H21N3O3S/c1-12(2)17(9-3-8-15)21(18,19)11-10-20-14-6-4-13(16)5-7-14/h4-7,12H,3,9-11,16H2,1-2H3. The highest BCUT2D eigenvalue weighted by Crippen LogP contribution is 2.14. The van der Waals surface area contributed by atoms with E-state index in [1.165, 1.54) is 4.31 Å². The van der Waals surface area contributed by atoms with Crippen molar-refractivity contribution in [1.82, 2.24) is 4.31 Å². The number of hydrogen-bond donors (Lipinski definition) is 1. The molecule has 2 N–H and O–H groups in total. The van der Waals surface area contributed by atoms with Crippen LogP contribution < -0.4 is 10.5 Å². The molecule has 0 saturated carbocycles. The van der Waals surface area contributed by atoms with Gasteiger partial charge in [0, 0.05) is 24.7 Å². The highest BCUT2D eigenvalue weighted by molar-refractivity contribution is 7.89. The Kier molecular flexibility index (Phi) is 6.46. The lowest BCUT2D eigenvalue weighted by Gasteiger charge is -2.24. The smallest absolute Gasteiger partial charge is 0.217 e. The molecule has 0 unspecified atom stereocenters. The van der Waals surface area contributed by atoms with Crippen LogP contribution in [0.5, 0.6) is 5.75 Å². The summed E-state index contributed by atoms with van der Waals surface area (Å²) in [6.07, 6.45) is 0.177. The number of ether oxygens (including phenoxy) is 1. The monoisotopic (exact) mass is 311 g/mol. The van der Waals surface area contributed by atoms with Crippen LogP contribution in [0.4, 0.5) is 5.69 Å². The van der Waals surface area contributed by atoms with E-state index in [2.05, 4.69) is 0 Å². The third-order valence-electron chi connectivity index (χ3n) is 2.87. The van der Waals surface area contributed by atoms with Gasteiger partial charge in [0.15, 0.2) is 0 Å². The van der Waals surface area contributed by atoms with E-state index in [1.807, 2.05) is 6.07 Å². The van der Waals surface area contributed by atoms with Crippen LogP contribution in [-0.4, -0.2) is 37.7 Å². The van der Waals surface area contributed by atoms with Crippen LogP contribution in [0.1, 0.15) is 20.3 Å². The van der Waals surface area contributed by atoms with E-state index in [1.54, 1.807) is 38.1 Å². The van der Waals surface area contributed by atoms with Gasteiger partial charge >= 0.3 is 0 Å². The number of rotatable bonds is 8. The number of nitriles is 1. The molecule has 21 heavy (non-hydrogen) atoms. The van der Waals surface area contributed by atoms with E-state index >= 15 is 0 Å². The summed E-state index contributed by atoms with van der Waals surface area (Å²) in [4.78, 5) is 0. The molecule has 0 aliphatic carbocycles. The molecule has 0 heterocycles. The molecule has 0 amide bonds. The number of anilines is 1. The number of nitrogens with two attached hydrogens (primary N) is 1. The van der Waals surface area contributed by atoms with Gasteiger partial charge in [-0.2, -0.15) is 9.57 Å². The summed E-state index contributed by atoms with van der Waals surface area (Å²) in [7, 11) is -3.44. The van der Waals surface area contributed by atoms with Crippen LogP contribution in [0.25, 0.3) is 0 Å². The Morgan fingerprint density at radius 1 is 1.33 bits per heavy atom. The molecule has 0 spiro atoms. The van der Waals surface area contributed by atoms with Gasteiger partial charge in [0.25, 0.3) is 0 Å². The summed E-state index contributed by atoms with van der Waals surface area (Å²) in [6.45, 7) is 3.84. The third kappa shape index (κ3) is 5.61. The molecule has 1 aromatic carbocycles. The fourth-order valence-electron chi connectivity index (χ4n) is 1.82. The lowest BCUT2D eigenvalue weighted by atomic mass is 10.3. The fourth-order valence-corrected chi connectivity index (χ4v) is 3.37. The van der Waals surface area contributed by atoms with Gasteiger partial charge in [-0.25, -0.2) is 8.42 Å². The second kappa shape index (κ2) is 7.86. The van der Waals surface area contributed by atoms with E-state index in [0.717, 1.165) is 0 Å². The first-order chi connectivity index (χ1) is 9.86. The maximum Gasteiger partial charge on any atom is 0.217 e. The molecule has 0 aliphatic rings. The third-order valence-corrected chi connectivity index (χ3v) is 4.87. The normalized spacial score (nSPS) is 11.6. The van der Waals surface area contributed by atoms with Gasteiger partial charge in [-0.1, -0.05) is 0 Å². The van der Waals surface area contributed by atoms with Crippen LogP contribution >= 0.6 is 0 Å². The van der Waals surface area contributed by atoms with E-state index in [9.17, 15) is 8.42 Å². The lowest BCUT2D eigenvalue weighted by Crippen LogP contribution is -2.40. The number of benzene rings is 1. The van der Waals surface area contributed by atoms with Crippen molar-refractivity contribution in [2.45, 2.75) is 26.3 Å². The maximum atomic E-state index is 12.2. The van der Waals surface area contributed by atoms with Crippen molar-refractivity contribution < 1.29 is 13.2 Å². The highest BCUT2D eigenvalue weighted by atomic mass is 32.2. The van der Waals surface area contributed by atoms with Crippen molar-refractivity contribution in [2.75, 3.05) is 24.6 Å². The van der Waals surface area contributed by atoms with Crippen LogP contribution in [0, 0.1) is 11.3 Å². The van der Waals surface area contributed by atoms with Gasteiger partial charge in [0.2, 0.25) is 10.0 Å². The molecule has 0 saturated heterocycles. The van der Waals surface area contributed by atoms with Gasteiger partial charge in [-0.3, -0.25) is 0 Å². The summed E-state index contributed by atoms with van der Waals surface area (Å²) in [5, 5.41) is 8.60. The molecule has 1 rings (SSSR count). The predicted molar refractivity (Wildman–Crippen MR) is 82.2 cm³/mol. The largest absolute Gasteiger partial charge is 0.492 e. The second-order valence-electron chi connectivity index (χ2n) is 4.85. The molecule has 7 heteroatoms. The fraction of sp³-hybridized carbons (Fsp3) is 0.500. The van der Waals surface area contributed by atoms with Gasteiger partial charge in [0.05, 0.1) is 11.8 Å². The first-order valence-electron chi connectivity index (χ1n) is 6.71. The van der Waals surface area contributed by atoms with Crippen molar-refractivity contribution >= 4 is 15.7 Å². The summed E-state index contributed by atoms with van der Waals surface area (Å²) >= 11 is 0. The minimum atomic E-state index is -3.44. The van der Waals surface area contributed by atoms with E-state index in [0.29, 0.717) is 11.4 Å². The predicted octanol–water partition coefficient (Wildman–Crippen LogP) is 1.60. The van der Waals surface area contributed by atoms with Crippen LogP contribution in [0.15, 0.2) is 24.3 Å². The maximum absolute atomic E-state index is 12.2. The van der Waals surface area contributed by atoms with Gasteiger partial charge in [-0.15, -0.1) is 0 Å². The topological polar surface area (TPSA) is 96.4 Å². The number of sulfonamides is 1.